The van der Waals surface area contributed by atoms with E-state index < -0.39 is 11.9 Å². The summed E-state index contributed by atoms with van der Waals surface area (Å²) in [5.74, 6) is -1.83. The third-order valence-electron chi connectivity index (χ3n) is 2.94. The van der Waals surface area contributed by atoms with Gasteiger partial charge in [-0.1, -0.05) is 39.5 Å². The lowest BCUT2D eigenvalue weighted by molar-refractivity contribution is -0.135. The Morgan fingerprint density at radius 2 is 1.82 bits per heavy atom. The third kappa shape index (κ3) is 7.55. The monoisotopic (exact) mass is 242 g/mol. The summed E-state index contributed by atoms with van der Waals surface area (Å²) in [5.41, 5.74) is -0.00699. The van der Waals surface area contributed by atoms with Crippen LogP contribution in [0.2, 0.25) is 0 Å². The molecular weight excluding hydrogens is 220 g/mol. The van der Waals surface area contributed by atoms with Gasteiger partial charge in [0, 0.05) is 11.6 Å². The topological polar surface area (TPSA) is 74.6 Å². The molecule has 0 aromatic carbocycles. The predicted molar refractivity (Wildman–Crippen MR) is 65.9 cm³/mol. The Morgan fingerprint density at radius 1 is 1.18 bits per heavy atom. The van der Waals surface area contributed by atoms with Crippen molar-refractivity contribution < 1.29 is 19.8 Å². The molecule has 98 valence electrons. The second-order valence-electron chi connectivity index (χ2n) is 4.27. The molecule has 2 N–H and O–H groups in total. The van der Waals surface area contributed by atoms with E-state index in [9.17, 15) is 9.59 Å². The first kappa shape index (κ1) is 15.7. The zero-order chi connectivity index (χ0) is 13.3. The van der Waals surface area contributed by atoms with Crippen LogP contribution in [0.5, 0.6) is 0 Å². The van der Waals surface area contributed by atoms with Crippen molar-refractivity contribution in [1.82, 2.24) is 0 Å². The summed E-state index contributed by atoms with van der Waals surface area (Å²) >= 11 is 0. The van der Waals surface area contributed by atoms with Crippen LogP contribution < -0.4 is 0 Å². The van der Waals surface area contributed by atoms with Crippen LogP contribution in [0.3, 0.4) is 0 Å². The van der Waals surface area contributed by atoms with Crippen LogP contribution in [0.4, 0.5) is 0 Å². The number of hydrogen-bond acceptors (Lipinski definition) is 2. The lowest BCUT2D eigenvalue weighted by atomic mass is 9.92. The van der Waals surface area contributed by atoms with Crippen molar-refractivity contribution in [3.63, 3.8) is 0 Å². The number of carbonyl (C=O) groups is 2. The average Bonchev–Trinajstić information content (AvgIpc) is 2.26. The maximum Gasteiger partial charge on any atom is 0.331 e. The average molecular weight is 242 g/mol. The van der Waals surface area contributed by atoms with Crippen LogP contribution >= 0.6 is 0 Å². The van der Waals surface area contributed by atoms with Crippen LogP contribution in [0.1, 0.15) is 52.4 Å². The Hall–Kier alpha value is -1.32. The second kappa shape index (κ2) is 8.79. The Balaban J connectivity index is 4.28. The smallest absolute Gasteiger partial charge is 0.331 e. The molecule has 0 aliphatic rings. The minimum Gasteiger partial charge on any atom is -0.478 e. The molecule has 0 aliphatic heterocycles. The molecule has 17 heavy (non-hydrogen) atoms. The molecule has 0 rings (SSSR count). The van der Waals surface area contributed by atoms with Gasteiger partial charge in [-0.15, -0.1) is 0 Å². The van der Waals surface area contributed by atoms with Crippen LogP contribution in [0, 0.1) is 5.92 Å². The van der Waals surface area contributed by atoms with Gasteiger partial charge in [0.15, 0.2) is 0 Å². The van der Waals surface area contributed by atoms with Crippen LogP contribution in [-0.2, 0) is 9.59 Å². The van der Waals surface area contributed by atoms with Crippen LogP contribution in [-0.4, -0.2) is 22.2 Å². The quantitative estimate of drug-likeness (QED) is 0.609. The minimum atomic E-state index is -1.19. The van der Waals surface area contributed by atoms with E-state index in [-0.39, 0.29) is 5.57 Å². The molecule has 0 saturated carbocycles. The Morgan fingerprint density at radius 3 is 2.24 bits per heavy atom. The van der Waals surface area contributed by atoms with E-state index in [4.69, 9.17) is 10.2 Å². The second-order valence-corrected chi connectivity index (χ2v) is 4.27. The molecule has 0 aromatic heterocycles. The molecule has 1 unspecified atom stereocenters. The lowest BCUT2D eigenvalue weighted by Crippen LogP contribution is -2.07. The van der Waals surface area contributed by atoms with Gasteiger partial charge in [-0.25, -0.2) is 9.59 Å². The Labute approximate surface area is 102 Å². The molecule has 0 radical (unpaired) electrons. The number of carboxylic acid groups (broad SMARTS) is 2. The fourth-order valence-electron chi connectivity index (χ4n) is 1.79. The molecule has 4 nitrogen and oxygen atoms in total. The van der Waals surface area contributed by atoms with Gasteiger partial charge in [0.25, 0.3) is 0 Å². The normalized spacial score (nSPS) is 13.4. The zero-order valence-corrected chi connectivity index (χ0v) is 10.6. The lowest BCUT2D eigenvalue weighted by Gasteiger charge is -2.14. The van der Waals surface area contributed by atoms with Gasteiger partial charge in [0.2, 0.25) is 0 Å². The summed E-state index contributed by atoms with van der Waals surface area (Å²) < 4.78 is 0. The van der Waals surface area contributed by atoms with Gasteiger partial charge in [-0.2, -0.15) is 0 Å². The van der Waals surface area contributed by atoms with Crippen molar-refractivity contribution in [1.29, 1.82) is 0 Å². The number of hydrogen-bond donors (Lipinski definition) is 2. The summed E-state index contributed by atoms with van der Waals surface area (Å²) in [7, 11) is 0. The molecule has 0 fully saturated rings. The van der Waals surface area contributed by atoms with E-state index in [1.54, 1.807) is 0 Å². The molecule has 0 aromatic rings. The first-order valence-corrected chi connectivity index (χ1v) is 6.18. The number of unbranched alkanes of at least 4 members (excludes halogenated alkanes) is 1. The van der Waals surface area contributed by atoms with E-state index in [1.165, 1.54) is 0 Å². The van der Waals surface area contributed by atoms with Gasteiger partial charge < -0.3 is 10.2 Å². The highest BCUT2D eigenvalue weighted by Crippen LogP contribution is 2.21. The number of carboxylic acids is 2. The maximum atomic E-state index is 10.8. The van der Waals surface area contributed by atoms with Crippen molar-refractivity contribution in [3.8, 4) is 0 Å². The fourth-order valence-corrected chi connectivity index (χ4v) is 1.79. The summed E-state index contributed by atoms with van der Waals surface area (Å²) in [6.07, 6.45) is 6.27. The van der Waals surface area contributed by atoms with E-state index >= 15 is 0 Å². The van der Waals surface area contributed by atoms with Crippen LogP contribution in [0.15, 0.2) is 11.6 Å². The molecule has 0 saturated heterocycles. The summed E-state index contributed by atoms with van der Waals surface area (Å²) in [5, 5.41) is 17.4. The predicted octanol–water partition coefficient (Wildman–Crippen LogP) is 3.08. The zero-order valence-electron chi connectivity index (χ0n) is 10.6. The first-order valence-electron chi connectivity index (χ1n) is 6.18. The van der Waals surface area contributed by atoms with E-state index in [2.05, 4.69) is 13.8 Å². The largest absolute Gasteiger partial charge is 0.478 e. The van der Waals surface area contributed by atoms with E-state index in [0.717, 1.165) is 38.2 Å². The molecule has 0 heterocycles. The Bertz CT molecular complexity index is 281. The number of rotatable bonds is 9. The van der Waals surface area contributed by atoms with E-state index in [1.807, 2.05) is 0 Å². The van der Waals surface area contributed by atoms with Crippen LogP contribution in [0.25, 0.3) is 0 Å². The fraction of sp³-hybridized carbons (Fsp3) is 0.692. The van der Waals surface area contributed by atoms with Crippen molar-refractivity contribution in [2.24, 2.45) is 5.92 Å². The minimum absolute atomic E-state index is 0.00699. The highest BCUT2D eigenvalue weighted by atomic mass is 16.4. The molecule has 0 spiro atoms. The summed E-state index contributed by atoms with van der Waals surface area (Å²) in [6.45, 7) is 4.21. The van der Waals surface area contributed by atoms with Crippen molar-refractivity contribution >= 4 is 11.9 Å². The molecule has 4 heteroatoms. The summed E-state index contributed by atoms with van der Waals surface area (Å²) in [4.78, 5) is 21.3. The summed E-state index contributed by atoms with van der Waals surface area (Å²) in [6, 6.07) is 0. The highest BCUT2D eigenvalue weighted by molar-refractivity contribution is 5.94. The molecule has 1 atom stereocenters. The van der Waals surface area contributed by atoms with Crippen molar-refractivity contribution in [2.45, 2.75) is 52.4 Å². The van der Waals surface area contributed by atoms with E-state index in [0.29, 0.717) is 12.3 Å². The molecular formula is C13H22O4. The highest BCUT2D eigenvalue weighted by Gasteiger charge is 2.13. The van der Waals surface area contributed by atoms with Gasteiger partial charge in [0.1, 0.15) is 0 Å². The molecule has 0 bridgehead atoms. The third-order valence-corrected chi connectivity index (χ3v) is 2.94. The Kier molecular flexibility index (Phi) is 8.11. The van der Waals surface area contributed by atoms with Gasteiger partial charge >= 0.3 is 11.9 Å². The maximum absolute atomic E-state index is 10.8. The molecule has 0 aliphatic carbocycles. The van der Waals surface area contributed by atoms with Crippen molar-refractivity contribution in [3.05, 3.63) is 11.6 Å². The van der Waals surface area contributed by atoms with Crippen molar-refractivity contribution in [2.75, 3.05) is 0 Å². The molecule has 0 amide bonds. The first-order chi connectivity index (χ1) is 8.01. The van der Waals surface area contributed by atoms with Gasteiger partial charge in [0.05, 0.1) is 0 Å². The SMILES string of the molecule is CCCCC(CC)CC/C(=C/C(=O)O)C(=O)O. The standard InChI is InChI=1S/C13H22O4/c1-3-5-6-10(4-2)7-8-11(13(16)17)9-12(14)15/h9-10H,3-8H2,1-2H3,(H,14,15)(H,16,17)/b11-9-. The number of aliphatic carboxylic acids is 2. The van der Waals surface area contributed by atoms with Gasteiger partial charge in [-0.3, -0.25) is 0 Å². The van der Waals surface area contributed by atoms with Gasteiger partial charge in [-0.05, 0) is 18.8 Å².